The summed E-state index contributed by atoms with van der Waals surface area (Å²) < 4.78 is 4.86. The van der Waals surface area contributed by atoms with E-state index < -0.39 is 5.25 Å². The molecule has 1 atom stereocenters. The molecule has 0 bridgehead atoms. The summed E-state index contributed by atoms with van der Waals surface area (Å²) in [6, 6.07) is 3.92. The Balaban J connectivity index is 2.18. The lowest BCUT2D eigenvalue weighted by molar-refractivity contribution is -0.139. The number of hydrogen-bond donors (Lipinski definition) is 0. The Bertz CT molecular complexity index is 633. The number of aryl methyl sites for hydroxylation is 3. The molecule has 124 valence electrons. The Labute approximate surface area is 140 Å². The topological polar surface area (TPSA) is 63.7 Å². The second kappa shape index (κ2) is 7.17. The lowest BCUT2D eigenvalue weighted by Gasteiger charge is -2.20. The fraction of sp³-hybridized carbons (Fsp3) is 0.471. The number of benzene rings is 1. The first kappa shape index (κ1) is 17.5. The van der Waals surface area contributed by atoms with Crippen molar-refractivity contribution in [3.8, 4) is 0 Å². The lowest BCUT2D eigenvalue weighted by atomic mass is 10.0. The molecule has 6 heteroatoms. The van der Waals surface area contributed by atoms with Gasteiger partial charge >= 0.3 is 5.97 Å². The number of amides is 2. The van der Waals surface area contributed by atoms with Crippen LogP contribution in [0.5, 0.6) is 0 Å². The van der Waals surface area contributed by atoms with Gasteiger partial charge in [-0.2, -0.15) is 0 Å². The van der Waals surface area contributed by atoms with Crippen LogP contribution >= 0.6 is 11.8 Å². The van der Waals surface area contributed by atoms with E-state index in [0.717, 1.165) is 16.7 Å². The summed E-state index contributed by atoms with van der Waals surface area (Å²) in [6.45, 7) is 7.82. The van der Waals surface area contributed by atoms with E-state index in [1.165, 1.54) is 16.7 Å². The molecular weight excluding hydrogens is 314 g/mol. The first-order valence-electron chi connectivity index (χ1n) is 7.57. The third-order valence-corrected chi connectivity index (χ3v) is 4.84. The van der Waals surface area contributed by atoms with Crippen LogP contribution in [0.3, 0.4) is 0 Å². The molecule has 1 aromatic rings. The molecule has 1 saturated heterocycles. The summed E-state index contributed by atoms with van der Waals surface area (Å²) in [5.41, 5.74) is 3.57. The number of carbonyl (C=O) groups is 3. The van der Waals surface area contributed by atoms with Crippen molar-refractivity contribution in [2.45, 2.75) is 39.4 Å². The predicted molar refractivity (Wildman–Crippen MR) is 90.6 cm³/mol. The zero-order valence-corrected chi connectivity index (χ0v) is 14.7. The lowest BCUT2D eigenvalue weighted by Crippen LogP contribution is -2.32. The van der Waals surface area contributed by atoms with Gasteiger partial charge in [0, 0.05) is 6.42 Å². The van der Waals surface area contributed by atoms with Gasteiger partial charge in [0.15, 0.2) is 0 Å². The highest BCUT2D eigenvalue weighted by molar-refractivity contribution is 8.01. The molecule has 2 rings (SSSR count). The van der Waals surface area contributed by atoms with Gasteiger partial charge in [0.05, 0.1) is 23.3 Å². The summed E-state index contributed by atoms with van der Waals surface area (Å²) in [5.74, 6) is -0.748. The molecule has 1 aliphatic heterocycles. The molecule has 5 nitrogen and oxygen atoms in total. The Morgan fingerprint density at radius 1 is 1.26 bits per heavy atom. The number of thioether (sulfide) groups is 1. The van der Waals surface area contributed by atoms with Gasteiger partial charge in [-0.1, -0.05) is 17.7 Å². The molecule has 0 aromatic heterocycles. The number of nitrogens with zero attached hydrogens (tertiary/aromatic N) is 1. The largest absolute Gasteiger partial charge is 0.465 e. The van der Waals surface area contributed by atoms with E-state index in [1.807, 2.05) is 32.9 Å². The molecule has 0 spiro atoms. The van der Waals surface area contributed by atoms with E-state index in [-0.39, 0.29) is 30.0 Å². The smallest absolute Gasteiger partial charge is 0.315 e. The summed E-state index contributed by atoms with van der Waals surface area (Å²) in [7, 11) is 0. The van der Waals surface area contributed by atoms with Crippen molar-refractivity contribution in [2.24, 2.45) is 0 Å². The van der Waals surface area contributed by atoms with Crippen LogP contribution in [-0.4, -0.2) is 35.4 Å². The van der Waals surface area contributed by atoms with Crippen LogP contribution in [0.2, 0.25) is 0 Å². The third-order valence-electron chi connectivity index (χ3n) is 3.67. The first-order chi connectivity index (χ1) is 10.8. The molecule has 0 unspecified atom stereocenters. The fourth-order valence-electron chi connectivity index (χ4n) is 2.87. The minimum Gasteiger partial charge on any atom is -0.465 e. The molecular formula is C17H21NO4S. The van der Waals surface area contributed by atoms with Gasteiger partial charge in [0.1, 0.15) is 0 Å². The number of ether oxygens (including phenoxy) is 1. The van der Waals surface area contributed by atoms with Gasteiger partial charge in [-0.15, -0.1) is 11.8 Å². The van der Waals surface area contributed by atoms with E-state index in [4.69, 9.17) is 4.74 Å². The van der Waals surface area contributed by atoms with E-state index in [2.05, 4.69) is 0 Å². The standard InChI is InChI=1S/C17H21NO4S/c1-5-22-15(20)9-23-13-8-14(19)18(17(13)21)16-11(3)6-10(2)7-12(16)4/h6-7,13H,5,8-9H2,1-4H3/t13-/m0/s1. The summed E-state index contributed by atoms with van der Waals surface area (Å²) in [6.07, 6.45) is 0.121. The second-order valence-corrected chi connectivity index (χ2v) is 6.81. The monoisotopic (exact) mass is 335 g/mol. The van der Waals surface area contributed by atoms with Gasteiger partial charge in [-0.25, -0.2) is 4.90 Å². The summed E-state index contributed by atoms with van der Waals surface area (Å²) in [5, 5.41) is -0.521. The molecule has 0 N–H and O–H groups in total. The molecule has 0 aliphatic carbocycles. The van der Waals surface area contributed by atoms with Crippen LogP contribution < -0.4 is 4.90 Å². The molecule has 0 radical (unpaired) electrons. The van der Waals surface area contributed by atoms with Crippen molar-refractivity contribution in [1.82, 2.24) is 0 Å². The number of carbonyl (C=O) groups excluding carboxylic acids is 3. The maximum Gasteiger partial charge on any atom is 0.315 e. The molecule has 1 aliphatic rings. The van der Waals surface area contributed by atoms with E-state index in [0.29, 0.717) is 12.3 Å². The summed E-state index contributed by atoms with van der Waals surface area (Å²) in [4.78, 5) is 37.6. The van der Waals surface area contributed by atoms with Crippen LogP contribution in [0.4, 0.5) is 5.69 Å². The third kappa shape index (κ3) is 3.75. The van der Waals surface area contributed by atoms with Crippen molar-refractivity contribution >= 4 is 35.2 Å². The van der Waals surface area contributed by atoms with Crippen molar-refractivity contribution in [1.29, 1.82) is 0 Å². The maximum absolute atomic E-state index is 12.6. The fourth-order valence-corrected chi connectivity index (χ4v) is 3.79. The normalized spacial score (nSPS) is 17.7. The van der Waals surface area contributed by atoms with Crippen LogP contribution in [0.15, 0.2) is 12.1 Å². The van der Waals surface area contributed by atoms with Gasteiger partial charge in [0.25, 0.3) is 0 Å². The van der Waals surface area contributed by atoms with Crippen LogP contribution in [-0.2, 0) is 19.1 Å². The van der Waals surface area contributed by atoms with Crippen molar-refractivity contribution in [3.63, 3.8) is 0 Å². The highest BCUT2D eigenvalue weighted by Gasteiger charge is 2.41. The molecule has 1 aromatic carbocycles. The van der Waals surface area contributed by atoms with E-state index in [9.17, 15) is 14.4 Å². The zero-order chi connectivity index (χ0) is 17.1. The van der Waals surface area contributed by atoms with Gasteiger partial charge in [-0.3, -0.25) is 14.4 Å². The molecule has 2 amide bonds. The minimum atomic E-state index is -0.521. The maximum atomic E-state index is 12.6. The molecule has 23 heavy (non-hydrogen) atoms. The number of rotatable bonds is 5. The average Bonchev–Trinajstić information content (AvgIpc) is 2.72. The molecule has 1 heterocycles. The Hall–Kier alpha value is -1.82. The predicted octanol–water partition coefficient (Wildman–Crippen LogP) is 2.54. The van der Waals surface area contributed by atoms with Gasteiger partial charge in [0.2, 0.25) is 11.8 Å². The Morgan fingerprint density at radius 3 is 2.43 bits per heavy atom. The number of imide groups is 1. The molecule has 1 fully saturated rings. The van der Waals surface area contributed by atoms with E-state index >= 15 is 0 Å². The number of anilines is 1. The van der Waals surface area contributed by atoms with Crippen LogP contribution in [0, 0.1) is 20.8 Å². The summed E-state index contributed by atoms with van der Waals surface area (Å²) >= 11 is 1.17. The Morgan fingerprint density at radius 2 is 1.87 bits per heavy atom. The van der Waals surface area contributed by atoms with Crippen molar-refractivity contribution < 1.29 is 19.1 Å². The first-order valence-corrected chi connectivity index (χ1v) is 8.61. The van der Waals surface area contributed by atoms with Gasteiger partial charge < -0.3 is 4.74 Å². The number of esters is 1. The molecule has 0 saturated carbocycles. The second-order valence-electron chi connectivity index (χ2n) is 5.62. The number of hydrogen-bond acceptors (Lipinski definition) is 5. The van der Waals surface area contributed by atoms with Crippen molar-refractivity contribution in [3.05, 3.63) is 28.8 Å². The van der Waals surface area contributed by atoms with Gasteiger partial charge in [-0.05, 0) is 38.8 Å². The Kier molecular flexibility index (Phi) is 5.46. The highest BCUT2D eigenvalue weighted by atomic mass is 32.2. The zero-order valence-electron chi connectivity index (χ0n) is 13.8. The van der Waals surface area contributed by atoms with E-state index in [1.54, 1.807) is 6.92 Å². The highest BCUT2D eigenvalue weighted by Crippen LogP contribution is 2.34. The van der Waals surface area contributed by atoms with Crippen LogP contribution in [0.1, 0.15) is 30.0 Å². The minimum absolute atomic E-state index is 0.0806. The van der Waals surface area contributed by atoms with Crippen LogP contribution in [0.25, 0.3) is 0 Å². The van der Waals surface area contributed by atoms with Crippen molar-refractivity contribution in [2.75, 3.05) is 17.3 Å². The quantitative estimate of drug-likeness (QED) is 0.611. The SMILES string of the molecule is CCOC(=O)CS[C@H]1CC(=O)N(c2c(C)cc(C)cc2C)C1=O. The average molecular weight is 335 g/mol.